The lowest BCUT2D eigenvalue weighted by molar-refractivity contribution is 0.0516. The third kappa shape index (κ3) is 5.47. The van der Waals surface area contributed by atoms with E-state index in [2.05, 4.69) is 20.2 Å². The predicted molar refractivity (Wildman–Crippen MR) is 91.2 cm³/mol. The zero-order valence-electron chi connectivity index (χ0n) is 14.8. The highest BCUT2D eigenvalue weighted by atomic mass is 16.6. The van der Waals surface area contributed by atoms with Crippen LogP contribution >= 0.6 is 0 Å². The summed E-state index contributed by atoms with van der Waals surface area (Å²) >= 11 is 0. The first-order valence-electron chi connectivity index (χ1n) is 8.29. The summed E-state index contributed by atoms with van der Waals surface area (Å²) in [6.45, 7) is 9.35. The smallest absolute Gasteiger partial charge is 0.407 e. The van der Waals surface area contributed by atoms with Gasteiger partial charge in [-0.3, -0.25) is 4.79 Å². The Kier molecular flexibility index (Phi) is 5.75. The molecule has 0 saturated carbocycles. The van der Waals surface area contributed by atoms with Crippen LogP contribution in [-0.2, 0) is 4.74 Å². The molecule has 0 atom stereocenters. The van der Waals surface area contributed by atoms with Crippen molar-refractivity contribution in [2.75, 3.05) is 24.5 Å². The lowest BCUT2D eigenvalue weighted by Crippen LogP contribution is -2.40. The van der Waals surface area contributed by atoms with E-state index in [0.29, 0.717) is 18.2 Å². The van der Waals surface area contributed by atoms with E-state index in [9.17, 15) is 9.59 Å². The maximum Gasteiger partial charge on any atom is 0.407 e. The lowest BCUT2D eigenvalue weighted by Gasteiger charge is -2.33. The van der Waals surface area contributed by atoms with E-state index in [-0.39, 0.29) is 11.9 Å². The lowest BCUT2D eigenvalue weighted by atomic mass is 9.97. The SMILES string of the molecule is CC(=O)c1cc(N2CCC(CNC(=O)OC(C)(C)C)CC2)ncn1. The van der Waals surface area contributed by atoms with Crippen molar-refractivity contribution in [3.05, 3.63) is 18.1 Å². The van der Waals surface area contributed by atoms with Crippen LogP contribution in [0.15, 0.2) is 12.4 Å². The number of amides is 1. The van der Waals surface area contributed by atoms with Gasteiger partial charge in [0.2, 0.25) is 0 Å². The van der Waals surface area contributed by atoms with Gasteiger partial charge in [0.1, 0.15) is 23.4 Å². The molecule has 1 fully saturated rings. The van der Waals surface area contributed by atoms with Gasteiger partial charge in [0.15, 0.2) is 5.78 Å². The molecule has 1 aliphatic rings. The normalized spacial score (nSPS) is 15.9. The summed E-state index contributed by atoms with van der Waals surface area (Å²) < 4.78 is 5.25. The predicted octanol–water partition coefficient (Wildman–Crippen LogP) is 2.42. The quantitative estimate of drug-likeness (QED) is 0.851. The number of Topliss-reactive ketones (excluding diaryl/α,β-unsaturated/α-hetero) is 1. The molecule has 0 unspecified atom stereocenters. The fraction of sp³-hybridized carbons (Fsp3) is 0.647. The molecular formula is C17H26N4O3. The second kappa shape index (κ2) is 7.59. The number of carbonyl (C=O) groups excluding carboxylic acids is 2. The van der Waals surface area contributed by atoms with Crippen molar-refractivity contribution >= 4 is 17.7 Å². The van der Waals surface area contributed by atoms with Gasteiger partial charge in [-0.1, -0.05) is 0 Å². The van der Waals surface area contributed by atoms with Gasteiger partial charge in [-0.2, -0.15) is 0 Å². The van der Waals surface area contributed by atoms with E-state index in [0.717, 1.165) is 31.7 Å². The maximum atomic E-state index is 11.7. The first-order chi connectivity index (χ1) is 11.2. The number of alkyl carbamates (subject to hydrolysis) is 1. The van der Waals surface area contributed by atoms with E-state index in [1.807, 2.05) is 20.8 Å². The van der Waals surface area contributed by atoms with Crippen molar-refractivity contribution in [2.45, 2.75) is 46.1 Å². The molecule has 0 aromatic carbocycles. The van der Waals surface area contributed by atoms with Crippen LogP contribution in [0.25, 0.3) is 0 Å². The Morgan fingerprint density at radius 3 is 2.54 bits per heavy atom. The summed E-state index contributed by atoms with van der Waals surface area (Å²) in [6.07, 6.45) is 2.97. The second-order valence-corrected chi connectivity index (χ2v) is 7.13. The number of aromatic nitrogens is 2. The first kappa shape index (κ1) is 18.2. The number of hydrogen-bond donors (Lipinski definition) is 1. The van der Waals surface area contributed by atoms with Crippen LogP contribution in [0.4, 0.5) is 10.6 Å². The third-order valence-electron chi connectivity index (χ3n) is 3.89. The van der Waals surface area contributed by atoms with Crippen molar-refractivity contribution < 1.29 is 14.3 Å². The zero-order valence-corrected chi connectivity index (χ0v) is 14.8. The Labute approximate surface area is 142 Å². The number of ether oxygens (including phenoxy) is 1. The Hall–Kier alpha value is -2.18. The van der Waals surface area contributed by atoms with Crippen LogP contribution in [0.3, 0.4) is 0 Å². The molecule has 0 spiro atoms. The molecule has 1 aliphatic heterocycles. The number of nitrogens with zero attached hydrogens (tertiary/aromatic N) is 3. The molecule has 2 rings (SSSR count). The van der Waals surface area contributed by atoms with Crippen LogP contribution in [0, 0.1) is 5.92 Å². The standard InChI is InChI=1S/C17H26N4O3/c1-12(22)14-9-15(20-11-19-14)21-7-5-13(6-8-21)10-18-16(23)24-17(2,3)4/h9,11,13H,5-8,10H2,1-4H3,(H,18,23). The number of anilines is 1. The van der Waals surface area contributed by atoms with Gasteiger partial charge in [-0.05, 0) is 39.5 Å². The summed E-state index contributed by atoms with van der Waals surface area (Å²) in [5, 5.41) is 2.84. The van der Waals surface area contributed by atoms with Crippen LogP contribution in [0.1, 0.15) is 51.0 Å². The largest absolute Gasteiger partial charge is 0.444 e. The number of nitrogens with one attached hydrogen (secondary N) is 1. The Balaban J connectivity index is 1.80. The number of rotatable bonds is 4. The molecule has 1 aromatic heterocycles. The minimum absolute atomic E-state index is 0.0601. The highest BCUT2D eigenvalue weighted by molar-refractivity contribution is 5.92. The number of hydrogen-bond acceptors (Lipinski definition) is 6. The zero-order chi connectivity index (χ0) is 17.7. The van der Waals surface area contributed by atoms with Crippen LogP contribution in [-0.4, -0.2) is 47.1 Å². The van der Waals surface area contributed by atoms with Gasteiger partial charge < -0.3 is 15.0 Å². The summed E-state index contributed by atoms with van der Waals surface area (Å²) in [7, 11) is 0. The molecule has 1 N–H and O–H groups in total. The molecule has 1 aromatic rings. The molecule has 7 heteroatoms. The minimum atomic E-state index is -0.477. The van der Waals surface area contributed by atoms with Crippen LogP contribution in [0.2, 0.25) is 0 Å². The summed E-state index contributed by atoms with van der Waals surface area (Å²) in [5.41, 5.74) is -0.0387. The van der Waals surface area contributed by atoms with Crippen molar-refractivity contribution in [3.63, 3.8) is 0 Å². The van der Waals surface area contributed by atoms with Gasteiger partial charge in [0.25, 0.3) is 0 Å². The van der Waals surface area contributed by atoms with Gasteiger partial charge in [0, 0.05) is 32.6 Å². The fourth-order valence-corrected chi connectivity index (χ4v) is 2.62. The van der Waals surface area contributed by atoms with Crippen LogP contribution < -0.4 is 10.2 Å². The molecule has 0 radical (unpaired) electrons. The number of piperidine rings is 1. The minimum Gasteiger partial charge on any atom is -0.444 e. The molecular weight excluding hydrogens is 308 g/mol. The van der Waals surface area contributed by atoms with Crippen molar-refractivity contribution in [1.29, 1.82) is 0 Å². The molecule has 132 valence electrons. The second-order valence-electron chi connectivity index (χ2n) is 7.13. The Bertz CT molecular complexity index is 590. The van der Waals surface area contributed by atoms with Crippen LogP contribution in [0.5, 0.6) is 0 Å². The highest BCUT2D eigenvalue weighted by Gasteiger charge is 2.22. The Morgan fingerprint density at radius 1 is 1.29 bits per heavy atom. The average Bonchev–Trinajstić information content (AvgIpc) is 2.52. The Morgan fingerprint density at radius 2 is 1.96 bits per heavy atom. The molecule has 7 nitrogen and oxygen atoms in total. The molecule has 1 saturated heterocycles. The fourth-order valence-electron chi connectivity index (χ4n) is 2.62. The maximum absolute atomic E-state index is 11.7. The topological polar surface area (TPSA) is 84.4 Å². The summed E-state index contributed by atoms with van der Waals surface area (Å²) in [4.78, 5) is 33.5. The molecule has 0 aliphatic carbocycles. The van der Waals surface area contributed by atoms with Gasteiger partial charge in [-0.25, -0.2) is 14.8 Å². The van der Waals surface area contributed by atoms with Crippen molar-refractivity contribution in [2.24, 2.45) is 5.92 Å². The van der Waals surface area contributed by atoms with Crippen molar-refractivity contribution in [3.8, 4) is 0 Å². The van der Waals surface area contributed by atoms with E-state index in [4.69, 9.17) is 4.74 Å². The van der Waals surface area contributed by atoms with Crippen molar-refractivity contribution in [1.82, 2.24) is 15.3 Å². The molecule has 1 amide bonds. The summed E-state index contributed by atoms with van der Waals surface area (Å²) in [5.74, 6) is 1.15. The van der Waals surface area contributed by atoms with E-state index < -0.39 is 5.60 Å². The number of ketones is 1. The first-order valence-corrected chi connectivity index (χ1v) is 8.29. The van der Waals surface area contributed by atoms with Gasteiger partial charge in [-0.15, -0.1) is 0 Å². The third-order valence-corrected chi connectivity index (χ3v) is 3.89. The van der Waals surface area contributed by atoms with Gasteiger partial charge in [0.05, 0.1) is 0 Å². The molecule has 0 bridgehead atoms. The van der Waals surface area contributed by atoms with E-state index in [1.54, 1.807) is 6.07 Å². The summed E-state index contributed by atoms with van der Waals surface area (Å²) in [6, 6.07) is 1.74. The number of carbonyl (C=O) groups is 2. The van der Waals surface area contributed by atoms with E-state index in [1.165, 1.54) is 13.3 Å². The average molecular weight is 334 g/mol. The monoisotopic (exact) mass is 334 g/mol. The van der Waals surface area contributed by atoms with E-state index >= 15 is 0 Å². The van der Waals surface area contributed by atoms with Gasteiger partial charge >= 0.3 is 6.09 Å². The highest BCUT2D eigenvalue weighted by Crippen LogP contribution is 2.21. The molecule has 2 heterocycles. The molecule has 24 heavy (non-hydrogen) atoms.